The number of β-lactam (4-membered cyclic amide) rings is 1. The molecule has 5 nitrogen and oxygen atoms in total. The van der Waals surface area contributed by atoms with E-state index in [-0.39, 0.29) is 23.7 Å². The molecule has 3 aromatic rings. The lowest BCUT2D eigenvalue weighted by Crippen LogP contribution is -2.55. The van der Waals surface area contributed by atoms with Crippen LogP contribution < -0.4 is 9.64 Å². The summed E-state index contributed by atoms with van der Waals surface area (Å²) < 4.78 is 23.5. The van der Waals surface area contributed by atoms with Gasteiger partial charge in [0.25, 0.3) is 0 Å². The summed E-state index contributed by atoms with van der Waals surface area (Å²) in [4.78, 5) is 26.2. The van der Waals surface area contributed by atoms with Gasteiger partial charge in [-0.05, 0) is 72.2 Å². The number of esters is 1. The Balaban J connectivity index is 1.52. The van der Waals surface area contributed by atoms with Crippen molar-refractivity contribution in [2.45, 2.75) is 12.5 Å². The molecule has 0 aromatic heterocycles. The number of ether oxygens (including phenoxy) is 2. The van der Waals surface area contributed by atoms with E-state index in [1.165, 1.54) is 25.3 Å². The molecule has 0 aliphatic carbocycles. The van der Waals surface area contributed by atoms with Gasteiger partial charge in [0.15, 0.2) is 0 Å². The van der Waals surface area contributed by atoms with Gasteiger partial charge in [0.2, 0.25) is 5.91 Å². The molecule has 0 N–H and O–H groups in total. The number of carbonyl (C=O) groups excluding carboxylic acids is 2. The van der Waals surface area contributed by atoms with Crippen LogP contribution in [0.15, 0.2) is 78.9 Å². The third kappa shape index (κ3) is 5.29. The average Bonchev–Trinajstić information content (AvgIpc) is 2.86. The highest BCUT2D eigenvalue weighted by Crippen LogP contribution is 2.45. The number of nitrogens with zero attached hydrogens (tertiary/aromatic N) is 1. The molecule has 2 atom stereocenters. The van der Waals surface area contributed by atoms with Crippen LogP contribution >= 0.6 is 11.6 Å². The normalized spacial score (nSPS) is 17.5. The fraction of sp³-hybridized carbons (Fsp3) is 0.185. The van der Waals surface area contributed by atoms with Crippen molar-refractivity contribution in [1.82, 2.24) is 0 Å². The number of anilines is 1. The zero-order valence-corrected chi connectivity index (χ0v) is 19.2. The number of halogens is 2. The summed E-state index contributed by atoms with van der Waals surface area (Å²) in [7, 11) is 1.33. The van der Waals surface area contributed by atoms with Crippen LogP contribution in [0.4, 0.5) is 10.1 Å². The minimum atomic E-state index is -0.427. The molecular formula is C27H23ClFNO4. The monoisotopic (exact) mass is 479 g/mol. The van der Waals surface area contributed by atoms with Crippen molar-refractivity contribution >= 4 is 35.2 Å². The Hall–Kier alpha value is -3.64. The molecule has 7 heteroatoms. The van der Waals surface area contributed by atoms with Gasteiger partial charge in [0.05, 0.1) is 25.7 Å². The third-order valence-electron chi connectivity index (χ3n) is 5.72. The van der Waals surface area contributed by atoms with Gasteiger partial charge in [-0.3, -0.25) is 4.79 Å². The smallest absolute Gasteiger partial charge is 0.330 e. The summed E-state index contributed by atoms with van der Waals surface area (Å²) in [5.41, 5.74) is 2.58. The lowest BCUT2D eigenvalue weighted by molar-refractivity contribution is -0.134. The lowest BCUT2D eigenvalue weighted by atomic mass is 9.79. The Labute approximate surface area is 202 Å². The number of benzene rings is 3. The Morgan fingerprint density at radius 1 is 1.03 bits per heavy atom. The lowest BCUT2D eigenvalue weighted by Gasteiger charge is -2.47. The molecule has 3 aromatic carbocycles. The predicted octanol–water partition coefficient (Wildman–Crippen LogP) is 5.84. The molecule has 0 spiro atoms. The molecule has 0 saturated carbocycles. The number of rotatable bonds is 8. The second-order valence-electron chi connectivity index (χ2n) is 7.85. The number of methoxy groups -OCH3 is 1. The summed E-state index contributed by atoms with van der Waals surface area (Å²) in [5, 5.41) is 0.597. The molecule has 0 bridgehead atoms. The summed E-state index contributed by atoms with van der Waals surface area (Å²) in [6.45, 7) is 0.326. The molecule has 1 aliphatic rings. The fourth-order valence-corrected chi connectivity index (χ4v) is 4.10. The van der Waals surface area contributed by atoms with Crippen molar-refractivity contribution in [2.24, 2.45) is 5.92 Å². The second kappa shape index (κ2) is 10.5. The first-order valence-corrected chi connectivity index (χ1v) is 11.2. The van der Waals surface area contributed by atoms with Crippen LogP contribution in [-0.4, -0.2) is 25.6 Å². The van der Waals surface area contributed by atoms with E-state index < -0.39 is 5.97 Å². The maximum Gasteiger partial charge on any atom is 0.330 e. The van der Waals surface area contributed by atoms with E-state index in [2.05, 4.69) is 4.74 Å². The predicted molar refractivity (Wildman–Crippen MR) is 129 cm³/mol. The van der Waals surface area contributed by atoms with Crippen LogP contribution in [0, 0.1) is 11.7 Å². The highest BCUT2D eigenvalue weighted by molar-refractivity contribution is 6.30. The van der Waals surface area contributed by atoms with Gasteiger partial charge >= 0.3 is 5.97 Å². The molecule has 1 heterocycles. The van der Waals surface area contributed by atoms with Gasteiger partial charge in [-0.2, -0.15) is 0 Å². The van der Waals surface area contributed by atoms with Crippen LogP contribution in [0.1, 0.15) is 23.6 Å². The number of hydrogen-bond acceptors (Lipinski definition) is 4. The van der Waals surface area contributed by atoms with Crippen LogP contribution in [0.3, 0.4) is 0 Å². The van der Waals surface area contributed by atoms with Crippen molar-refractivity contribution in [1.29, 1.82) is 0 Å². The minimum absolute atomic E-state index is 0.00434. The maximum atomic E-state index is 13.1. The number of amides is 1. The molecule has 1 amide bonds. The van der Waals surface area contributed by atoms with E-state index in [1.54, 1.807) is 35.2 Å². The summed E-state index contributed by atoms with van der Waals surface area (Å²) >= 11 is 6.03. The van der Waals surface area contributed by atoms with E-state index in [9.17, 15) is 14.0 Å². The van der Waals surface area contributed by atoms with E-state index in [1.807, 2.05) is 36.4 Å². The summed E-state index contributed by atoms with van der Waals surface area (Å²) in [6.07, 6.45) is 3.54. The molecule has 174 valence electrons. The number of carbonyl (C=O) groups is 2. The first-order chi connectivity index (χ1) is 16.5. The Morgan fingerprint density at radius 2 is 1.71 bits per heavy atom. The van der Waals surface area contributed by atoms with Gasteiger partial charge in [-0.1, -0.05) is 35.9 Å². The molecule has 4 rings (SSSR count). The Kier molecular flexibility index (Phi) is 7.28. The first kappa shape index (κ1) is 23.5. The molecule has 1 fully saturated rings. The van der Waals surface area contributed by atoms with Crippen molar-refractivity contribution in [3.63, 3.8) is 0 Å². The number of hydrogen-bond donors (Lipinski definition) is 0. The minimum Gasteiger partial charge on any atom is -0.494 e. The molecule has 1 aliphatic heterocycles. The van der Waals surface area contributed by atoms with Crippen molar-refractivity contribution in [3.8, 4) is 5.75 Å². The SMILES string of the molecule is COC(=O)C=Cc1ccc([C@@H]2[C@@H](CCOc3ccc(F)cc3)C(=O)N2c2ccc(Cl)cc2)cc1. The Morgan fingerprint density at radius 3 is 2.35 bits per heavy atom. The quantitative estimate of drug-likeness (QED) is 0.231. The molecule has 0 unspecified atom stereocenters. The third-order valence-corrected chi connectivity index (χ3v) is 5.97. The molecule has 1 saturated heterocycles. The van der Waals surface area contributed by atoms with Crippen LogP contribution in [-0.2, 0) is 14.3 Å². The van der Waals surface area contributed by atoms with Gasteiger partial charge in [-0.25, -0.2) is 9.18 Å². The first-order valence-electron chi connectivity index (χ1n) is 10.8. The summed E-state index contributed by atoms with van der Waals surface area (Å²) in [5.74, 6) is -0.466. The molecule has 0 radical (unpaired) electrons. The van der Waals surface area contributed by atoms with Gasteiger partial charge in [-0.15, -0.1) is 0 Å². The average molecular weight is 480 g/mol. The van der Waals surface area contributed by atoms with Crippen LogP contribution in [0.5, 0.6) is 5.75 Å². The van der Waals surface area contributed by atoms with Crippen molar-refractivity contribution < 1.29 is 23.5 Å². The van der Waals surface area contributed by atoms with E-state index >= 15 is 0 Å². The highest BCUT2D eigenvalue weighted by Gasteiger charge is 2.48. The van der Waals surface area contributed by atoms with Crippen LogP contribution in [0.2, 0.25) is 5.02 Å². The van der Waals surface area contributed by atoms with Crippen molar-refractivity contribution in [3.05, 3.63) is 101 Å². The zero-order chi connectivity index (χ0) is 24.1. The van der Waals surface area contributed by atoms with E-state index in [0.29, 0.717) is 23.8 Å². The van der Waals surface area contributed by atoms with Gasteiger partial charge in [0.1, 0.15) is 11.6 Å². The topological polar surface area (TPSA) is 55.8 Å². The van der Waals surface area contributed by atoms with Gasteiger partial charge < -0.3 is 14.4 Å². The fourth-order valence-electron chi connectivity index (χ4n) is 3.97. The zero-order valence-electron chi connectivity index (χ0n) is 18.5. The maximum absolute atomic E-state index is 13.1. The van der Waals surface area contributed by atoms with E-state index in [4.69, 9.17) is 16.3 Å². The molecular weight excluding hydrogens is 457 g/mol. The van der Waals surface area contributed by atoms with E-state index in [0.717, 1.165) is 16.8 Å². The highest BCUT2D eigenvalue weighted by atomic mass is 35.5. The van der Waals surface area contributed by atoms with Crippen LogP contribution in [0.25, 0.3) is 6.08 Å². The molecule has 34 heavy (non-hydrogen) atoms. The van der Waals surface area contributed by atoms with Gasteiger partial charge in [0, 0.05) is 16.8 Å². The largest absolute Gasteiger partial charge is 0.494 e. The second-order valence-corrected chi connectivity index (χ2v) is 8.29. The summed E-state index contributed by atoms with van der Waals surface area (Å²) in [6, 6.07) is 20.5. The Bertz CT molecular complexity index is 1180. The van der Waals surface area contributed by atoms with Crippen molar-refractivity contribution in [2.75, 3.05) is 18.6 Å². The standard InChI is InChI=1S/C27H23ClFNO4/c1-33-25(31)15-4-18-2-5-19(6-3-18)26-24(16-17-34-23-13-9-21(29)10-14-23)27(32)30(26)22-11-7-20(28)8-12-22/h2-15,24,26H,16-17H2,1H3/t24-,26-/m1/s1.